The van der Waals surface area contributed by atoms with Gasteiger partial charge < -0.3 is 0 Å². The minimum Gasteiger partial charge on any atom is -0.299 e. The van der Waals surface area contributed by atoms with Gasteiger partial charge in [0.05, 0.1) is 4.90 Å². The highest BCUT2D eigenvalue weighted by atomic mass is 32.2. The third-order valence-electron chi connectivity index (χ3n) is 1.63. The van der Waals surface area contributed by atoms with E-state index in [9.17, 15) is 8.42 Å². The van der Waals surface area contributed by atoms with E-state index in [2.05, 4.69) is 4.98 Å². The summed E-state index contributed by atoms with van der Waals surface area (Å²) in [5.41, 5.74) is 0. The van der Waals surface area contributed by atoms with Crippen LogP contribution in [0.3, 0.4) is 0 Å². The molecule has 0 saturated carbocycles. The number of aromatic nitrogens is 2. The first-order chi connectivity index (χ1) is 6.57. The van der Waals surface area contributed by atoms with Gasteiger partial charge in [0, 0.05) is 24.0 Å². The molecule has 0 saturated heterocycles. The predicted molar refractivity (Wildman–Crippen MR) is 52.8 cm³/mol. The summed E-state index contributed by atoms with van der Waals surface area (Å²) in [6.07, 6.45) is 4.70. The molecule has 2 rings (SSSR count). The van der Waals surface area contributed by atoms with Crippen LogP contribution in [-0.2, 0) is 10.0 Å². The quantitative estimate of drug-likeness (QED) is 0.818. The third kappa shape index (κ3) is 1.69. The zero-order valence-electron chi connectivity index (χ0n) is 6.99. The Morgan fingerprint density at radius 3 is 2.79 bits per heavy atom. The van der Waals surface area contributed by atoms with Crippen LogP contribution in [0.2, 0.25) is 0 Å². The molecule has 5 nitrogen and oxygen atoms in total. The Morgan fingerprint density at radius 1 is 1.50 bits per heavy atom. The van der Waals surface area contributed by atoms with E-state index in [4.69, 9.17) is 5.14 Å². The molecule has 2 heterocycles. The van der Waals surface area contributed by atoms with Crippen molar-refractivity contribution in [3.05, 3.63) is 30.0 Å². The summed E-state index contributed by atoms with van der Waals surface area (Å²) in [5, 5.41) is 7.49. The number of nitrogens with two attached hydrogens (primary N) is 1. The zero-order valence-corrected chi connectivity index (χ0v) is 8.62. The summed E-state index contributed by atoms with van der Waals surface area (Å²) >= 11 is 1.42. The lowest BCUT2D eigenvalue weighted by Crippen LogP contribution is -2.11. The molecule has 2 aromatic rings. The van der Waals surface area contributed by atoms with Gasteiger partial charge in [-0.15, -0.1) is 11.3 Å². The van der Waals surface area contributed by atoms with Gasteiger partial charge in [0.2, 0.25) is 10.0 Å². The molecule has 0 radical (unpaired) electrons. The molecule has 7 heteroatoms. The first-order valence-corrected chi connectivity index (χ1v) is 6.10. The Labute approximate surface area is 84.9 Å². The highest BCUT2D eigenvalue weighted by Gasteiger charge is 2.10. The Morgan fingerprint density at radius 2 is 2.29 bits per heavy atom. The average molecular weight is 229 g/mol. The number of nitrogens with zero attached hydrogens (tertiary/aromatic N) is 2. The summed E-state index contributed by atoms with van der Waals surface area (Å²) in [7, 11) is -3.62. The number of thiazole rings is 1. The smallest absolute Gasteiger partial charge is 0.239 e. The molecule has 74 valence electrons. The van der Waals surface area contributed by atoms with Crippen LogP contribution in [0.15, 0.2) is 34.9 Å². The van der Waals surface area contributed by atoms with Crippen LogP contribution in [0, 0.1) is 0 Å². The molecule has 0 aliphatic heterocycles. The fourth-order valence-corrected chi connectivity index (χ4v) is 2.12. The Kier molecular flexibility index (Phi) is 2.14. The maximum Gasteiger partial charge on any atom is 0.239 e. The summed E-state index contributed by atoms with van der Waals surface area (Å²) in [5.74, 6) is 0. The van der Waals surface area contributed by atoms with Gasteiger partial charge in [-0.1, -0.05) is 0 Å². The standard InChI is InChI=1S/C7H7N3O2S2/c8-14(11,12)6-1-3-10(5-6)7-9-2-4-13-7/h1-5H,(H2,8,11,12). The minimum absolute atomic E-state index is 0.0905. The molecule has 0 amide bonds. The highest BCUT2D eigenvalue weighted by molar-refractivity contribution is 7.89. The van der Waals surface area contributed by atoms with Crippen molar-refractivity contribution in [1.29, 1.82) is 0 Å². The largest absolute Gasteiger partial charge is 0.299 e. The van der Waals surface area contributed by atoms with E-state index in [-0.39, 0.29) is 4.90 Å². The fourth-order valence-electron chi connectivity index (χ4n) is 1.01. The van der Waals surface area contributed by atoms with Crippen LogP contribution < -0.4 is 5.14 Å². The molecule has 0 spiro atoms. The maximum absolute atomic E-state index is 11.0. The van der Waals surface area contributed by atoms with Crippen molar-refractivity contribution >= 4 is 21.4 Å². The third-order valence-corrected chi connectivity index (χ3v) is 3.32. The predicted octanol–water partition coefficient (Wildman–Crippen LogP) is 0.581. The second-order valence-corrected chi connectivity index (χ2v) is 5.05. The van der Waals surface area contributed by atoms with Gasteiger partial charge in [-0.05, 0) is 6.07 Å². The molecule has 14 heavy (non-hydrogen) atoms. The number of rotatable bonds is 2. The van der Waals surface area contributed by atoms with Crippen LogP contribution in [0.5, 0.6) is 0 Å². The van der Waals surface area contributed by atoms with Crippen LogP contribution in [0.25, 0.3) is 5.13 Å². The van der Waals surface area contributed by atoms with Crippen molar-refractivity contribution < 1.29 is 8.42 Å². The van der Waals surface area contributed by atoms with Crippen molar-refractivity contribution in [3.63, 3.8) is 0 Å². The number of primary sulfonamides is 1. The molecule has 0 aliphatic rings. The van der Waals surface area contributed by atoms with E-state index in [1.165, 1.54) is 23.6 Å². The van der Waals surface area contributed by atoms with Crippen molar-refractivity contribution in [2.24, 2.45) is 5.14 Å². The number of hydrogen-bond donors (Lipinski definition) is 1. The van der Waals surface area contributed by atoms with Gasteiger partial charge in [-0.2, -0.15) is 0 Å². The molecule has 0 aromatic carbocycles. The topological polar surface area (TPSA) is 78.0 Å². The van der Waals surface area contributed by atoms with E-state index in [0.717, 1.165) is 0 Å². The van der Waals surface area contributed by atoms with E-state index in [0.29, 0.717) is 5.13 Å². The van der Waals surface area contributed by atoms with E-state index in [1.54, 1.807) is 17.0 Å². The van der Waals surface area contributed by atoms with Crippen molar-refractivity contribution in [2.45, 2.75) is 4.90 Å². The number of sulfonamides is 1. The number of hydrogen-bond acceptors (Lipinski definition) is 4. The highest BCUT2D eigenvalue weighted by Crippen LogP contribution is 2.15. The molecular weight excluding hydrogens is 222 g/mol. The van der Waals surface area contributed by atoms with Gasteiger partial charge in [0.15, 0.2) is 5.13 Å². The molecule has 2 aromatic heterocycles. The summed E-state index contributed by atoms with van der Waals surface area (Å²) in [6, 6.07) is 1.44. The first-order valence-electron chi connectivity index (χ1n) is 3.68. The van der Waals surface area contributed by atoms with Crippen LogP contribution in [0.1, 0.15) is 0 Å². The van der Waals surface area contributed by atoms with E-state index >= 15 is 0 Å². The molecule has 0 bridgehead atoms. The van der Waals surface area contributed by atoms with Crippen molar-refractivity contribution in [2.75, 3.05) is 0 Å². The van der Waals surface area contributed by atoms with Crippen LogP contribution in [-0.4, -0.2) is 18.0 Å². The molecule has 0 unspecified atom stereocenters. The molecule has 0 aliphatic carbocycles. The van der Waals surface area contributed by atoms with Gasteiger partial charge >= 0.3 is 0 Å². The Hall–Kier alpha value is -1.18. The second kappa shape index (κ2) is 3.19. The Balaban J connectivity index is 2.46. The van der Waals surface area contributed by atoms with Crippen molar-refractivity contribution in [1.82, 2.24) is 9.55 Å². The van der Waals surface area contributed by atoms with Gasteiger partial charge in [-0.25, -0.2) is 18.5 Å². The minimum atomic E-state index is -3.62. The fraction of sp³-hybridized carbons (Fsp3) is 0. The lowest BCUT2D eigenvalue weighted by molar-refractivity contribution is 0.598. The normalized spacial score (nSPS) is 11.8. The van der Waals surface area contributed by atoms with Gasteiger partial charge in [0.25, 0.3) is 0 Å². The zero-order chi connectivity index (χ0) is 10.2. The average Bonchev–Trinajstić information content (AvgIpc) is 2.73. The maximum atomic E-state index is 11.0. The lowest BCUT2D eigenvalue weighted by Gasteiger charge is -1.94. The first kappa shape index (κ1) is 9.38. The monoisotopic (exact) mass is 229 g/mol. The van der Waals surface area contributed by atoms with E-state index in [1.807, 2.05) is 5.38 Å². The summed E-state index contributed by atoms with van der Waals surface area (Å²) in [6.45, 7) is 0. The van der Waals surface area contributed by atoms with Gasteiger partial charge in [-0.3, -0.25) is 4.57 Å². The van der Waals surface area contributed by atoms with Gasteiger partial charge in [0.1, 0.15) is 0 Å². The molecule has 0 fully saturated rings. The lowest BCUT2D eigenvalue weighted by atomic mass is 10.7. The second-order valence-electron chi connectivity index (χ2n) is 2.61. The van der Waals surface area contributed by atoms with E-state index < -0.39 is 10.0 Å². The SMILES string of the molecule is NS(=O)(=O)c1ccn(-c2nccs2)c1. The summed E-state index contributed by atoms with van der Waals surface area (Å²) in [4.78, 5) is 4.12. The molecule has 0 atom stereocenters. The summed E-state index contributed by atoms with van der Waals surface area (Å²) < 4.78 is 23.5. The Bertz CT molecular complexity index is 527. The van der Waals surface area contributed by atoms with Crippen molar-refractivity contribution in [3.8, 4) is 5.13 Å². The molecular formula is C7H7N3O2S2. The van der Waals surface area contributed by atoms with Crippen LogP contribution >= 0.6 is 11.3 Å². The molecule has 2 N–H and O–H groups in total. The van der Waals surface area contributed by atoms with Crippen LogP contribution in [0.4, 0.5) is 0 Å².